The molecule has 16 heavy (non-hydrogen) atoms. The maximum Gasteiger partial charge on any atom is 0.302 e. The standard InChI is InChI=1S/C12H13BrO3/c1-9(14)16-7-3-4-10-8-11(13)5-6-12(10)15-2/h3-6,8H,7H2,1-2H3/b4-3+. The van der Waals surface area contributed by atoms with E-state index < -0.39 is 0 Å². The van der Waals surface area contributed by atoms with Gasteiger partial charge in [-0.05, 0) is 24.3 Å². The highest BCUT2D eigenvalue weighted by atomic mass is 79.9. The molecule has 0 bridgehead atoms. The number of halogens is 1. The quantitative estimate of drug-likeness (QED) is 0.798. The highest BCUT2D eigenvalue weighted by Crippen LogP contribution is 2.23. The average molecular weight is 285 g/mol. The molecular formula is C12H13BrO3. The van der Waals surface area contributed by atoms with Crippen molar-refractivity contribution in [1.82, 2.24) is 0 Å². The van der Waals surface area contributed by atoms with E-state index in [1.54, 1.807) is 13.2 Å². The van der Waals surface area contributed by atoms with Crippen molar-refractivity contribution in [3.63, 3.8) is 0 Å². The van der Waals surface area contributed by atoms with E-state index in [1.807, 2.05) is 24.3 Å². The topological polar surface area (TPSA) is 35.5 Å². The van der Waals surface area contributed by atoms with Crippen LogP contribution in [-0.4, -0.2) is 19.7 Å². The second kappa shape index (κ2) is 6.33. The van der Waals surface area contributed by atoms with Crippen molar-refractivity contribution in [2.24, 2.45) is 0 Å². The Balaban J connectivity index is 2.71. The summed E-state index contributed by atoms with van der Waals surface area (Å²) in [6.45, 7) is 1.65. The van der Waals surface area contributed by atoms with Crippen LogP contribution in [0.4, 0.5) is 0 Å². The number of carbonyl (C=O) groups excluding carboxylic acids is 1. The van der Waals surface area contributed by atoms with Crippen LogP contribution in [0.25, 0.3) is 6.08 Å². The number of hydrogen-bond acceptors (Lipinski definition) is 3. The summed E-state index contributed by atoms with van der Waals surface area (Å²) >= 11 is 3.38. The van der Waals surface area contributed by atoms with E-state index in [4.69, 9.17) is 9.47 Å². The van der Waals surface area contributed by atoms with Gasteiger partial charge in [0.15, 0.2) is 0 Å². The van der Waals surface area contributed by atoms with Crippen molar-refractivity contribution in [3.8, 4) is 5.75 Å². The van der Waals surface area contributed by atoms with E-state index in [0.717, 1.165) is 15.8 Å². The molecule has 0 saturated heterocycles. The lowest BCUT2D eigenvalue weighted by Crippen LogP contribution is -1.97. The smallest absolute Gasteiger partial charge is 0.302 e. The molecule has 0 saturated carbocycles. The number of rotatable bonds is 4. The Bertz CT molecular complexity index is 399. The molecule has 4 heteroatoms. The van der Waals surface area contributed by atoms with Gasteiger partial charge in [-0.2, -0.15) is 0 Å². The highest BCUT2D eigenvalue weighted by Gasteiger charge is 1.99. The molecule has 0 heterocycles. The number of carbonyl (C=O) groups is 1. The van der Waals surface area contributed by atoms with Crippen molar-refractivity contribution in [2.45, 2.75) is 6.92 Å². The molecule has 0 aliphatic rings. The van der Waals surface area contributed by atoms with Crippen molar-refractivity contribution in [1.29, 1.82) is 0 Å². The average Bonchev–Trinajstić information content (AvgIpc) is 2.24. The van der Waals surface area contributed by atoms with Crippen LogP contribution in [0.5, 0.6) is 5.75 Å². The second-order valence-corrected chi connectivity index (χ2v) is 4.01. The zero-order valence-electron chi connectivity index (χ0n) is 9.20. The van der Waals surface area contributed by atoms with Gasteiger partial charge in [0.05, 0.1) is 7.11 Å². The molecule has 86 valence electrons. The molecule has 0 N–H and O–H groups in total. The van der Waals surface area contributed by atoms with Gasteiger partial charge in [0.2, 0.25) is 0 Å². The van der Waals surface area contributed by atoms with Crippen LogP contribution in [0.2, 0.25) is 0 Å². The van der Waals surface area contributed by atoms with Gasteiger partial charge in [-0.3, -0.25) is 4.79 Å². The van der Waals surface area contributed by atoms with Gasteiger partial charge in [-0.1, -0.05) is 22.0 Å². The fourth-order valence-corrected chi connectivity index (χ4v) is 1.55. The first-order valence-electron chi connectivity index (χ1n) is 4.77. The lowest BCUT2D eigenvalue weighted by molar-refractivity contribution is -0.139. The van der Waals surface area contributed by atoms with Crippen LogP contribution < -0.4 is 4.74 Å². The molecule has 0 unspecified atom stereocenters. The van der Waals surface area contributed by atoms with Crippen LogP contribution >= 0.6 is 15.9 Å². The van der Waals surface area contributed by atoms with E-state index in [9.17, 15) is 4.79 Å². The number of esters is 1. The van der Waals surface area contributed by atoms with Gasteiger partial charge in [-0.15, -0.1) is 0 Å². The monoisotopic (exact) mass is 284 g/mol. The van der Waals surface area contributed by atoms with E-state index in [1.165, 1.54) is 6.92 Å². The summed E-state index contributed by atoms with van der Waals surface area (Å²) in [4.78, 5) is 10.5. The van der Waals surface area contributed by atoms with Crippen LogP contribution in [0.1, 0.15) is 12.5 Å². The third kappa shape index (κ3) is 4.06. The third-order valence-corrected chi connectivity index (χ3v) is 2.37. The lowest BCUT2D eigenvalue weighted by atomic mass is 10.2. The Morgan fingerprint density at radius 3 is 2.88 bits per heavy atom. The van der Waals surface area contributed by atoms with Crippen molar-refractivity contribution >= 4 is 28.0 Å². The molecule has 0 aromatic heterocycles. The molecule has 0 radical (unpaired) electrons. The van der Waals surface area contributed by atoms with Gasteiger partial charge in [0, 0.05) is 17.0 Å². The van der Waals surface area contributed by atoms with Crippen molar-refractivity contribution in [2.75, 3.05) is 13.7 Å². The first-order chi connectivity index (χ1) is 7.63. The second-order valence-electron chi connectivity index (χ2n) is 3.09. The van der Waals surface area contributed by atoms with Crippen LogP contribution in [0, 0.1) is 0 Å². The van der Waals surface area contributed by atoms with Crippen LogP contribution in [-0.2, 0) is 9.53 Å². The van der Waals surface area contributed by atoms with E-state index in [0.29, 0.717) is 0 Å². The third-order valence-electron chi connectivity index (χ3n) is 1.87. The maximum absolute atomic E-state index is 10.5. The molecule has 1 rings (SSSR count). The number of hydrogen-bond donors (Lipinski definition) is 0. The zero-order valence-corrected chi connectivity index (χ0v) is 10.8. The Morgan fingerprint density at radius 2 is 2.25 bits per heavy atom. The molecule has 3 nitrogen and oxygen atoms in total. The van der Waals surface area contributed by atoms with Gasteiger partial charge in [0.25, 0.3) is 0 Å². The fraction of sp³-hybridized carbons (Fsp3) is 0.250. The molecule has 0 amide bonds. The minimum absolute atomic E-state index is 0.269. The van der Waals surface area contributed by atoms with E-state index >= 15 is 0 Å². The summed E-state index contributed by atoms with van der Waals surface area (Å²) in [7, 11) is 1.62. The highest BCUT2D eigenvalue weighted by molar-refractivity contribution is 9.10. The Kier molecular flexibility index (Phi) is 5.05. The summed E-state index contributed by atoms with van der Waals surface area (Å²) in [6, 6.07) is 5.71. The van der Waals surface area contributed by atoms with Gasteiger partial charge in [0.1, 0.15) is 12.4 Å². The number of benzene rings is 1. The largest absolute Gasteiger partial charge is 0.496 e. The predicted molar refractivity (Wildman–Crippen MR) is 66.4 cm³/mol. The summed E-state index contributed by atoms with van der Waals surface area (Å²) < 4.78 is 11.0. The first kappa shape index (κ1) is 12.8. The van der Waals surface area contributed by atoms with E-state index in [-0.39, 0.29) is 12.6 Å². The summed E-state index contributed by atoms with van der Waals surface area (Å²) in [5.41, 5.74) is 0.934. The molecule has 0 aliphatic carbocycles. The molecule has 1 aromatic rings. The predicted octanol–water partition coefficient (Wildman–Crippen LogP) is 3.03. The Labute approximate surface area is 103 Å². The molecule has 0 atom stereocenters. The Hall–Kier alpha value is -1.29. The summed E-state index contributed by atoms with van der Waals surface area (Å²) in [5.74, 6) is 0.494. The van der Waals surface area contributed by atoms with Crippen molar-refractivity contribution < 1.29 is 14.3 Å². The number of ether oxygens (including phenoxy) is 2. The summed E-state index contributed by atoms with van der Waals surface area (Å²) in [5, 5.41) is 0. The van der Waals surface area contributed by atoms with Crippen LogP contribution in [0.3, 0.4) is 0 Å². The Morgan fingerprint density at radius 1 is 1.50 bits per heavy atom. The minimum Gasteiger partial charge on any atom is -0.496 e. The molecule has 0 aliphatic heterocycles. The van der Waals surface area contributed by atoms with Gasteiger partial charge in [-0.25, -0.2) is 0 Å². The molecule has 1 aromatic carbocycles. The zero-order chi connectivity index (χ0) is 12.0. The van der Waals surface area contributed by atoms with Gasteiger partial charge < -0.3 is 9.47 Å². The minimum atomic E-state index is -0.286. The SMILES string of the molecule is COc1ccc(Br)cc1/C=C/COC(C)=O. The molecular weight excluding hydrogens is 272 g/mol. The first-order valence-corrected chi connectivity index (χ1v) is 5.56. The fourth-order valence-electron chi connectivity index (χ4n) is 1.18. The lowest BCUT2D eigenvalue weighted by Gasteiger charge is -2.04. The molecule has 0 fully saturated rings. The van der Waals surface area contributed by atoms with Crippen LogP contribution in [0.15, 0.2) is 28.7 Å². The summed E-state index contributed by atoms with van der Waals surface area (Å²) in [6.07, 6.45) is 3.62. The van der Waals surface area contributed by atoms with E-state index in [2.05, 4.69) is 15.9 Å². The van der Waals surface area contributed by atoms with Gasteiger partial charge >= 0.3 is 5.97 Å². The van der Waals surface area contributed by atoms with Crippen molar-refractivity contribution in [3.05, 3.63) is 34.3 Å². The molecule has 0 spiro atoms. The maximum atomic E-state index is 10.5. The normalized spacial score (nSPS) is 10.4. The number of methoxy groups -OCH3 is 1.